The van der Waals surface area contributed by atoms with Crippen molar-refractivity contribution in [3.8, 4) is 0 Å². The third kappa shape index (κ3) is 2.70. The molecule has 0 saturated carbocycles. The van der Waals surface area contributed by atoms with Gasteiger partial charge in [0.25, 0.3) is 0 Å². The predicted molar refractivity (Wildman–Crippen MR) is 59.6 cm³/mol. The first-order valence-corrected chi connectivity index (χ1v) is 5.50. The fourth-order valence-corrected chi connectivity index (χ4v) is 1.58. The fraction of sp³-hybridized carbons (Fsp3) is 0.455. The van der Waals surface area contributed by atoms with Gasteiger partial charge in [-0.1, -0.05) is 12.1 Å². The molecule has 0 atom stereocenters. The topological polar surface area (TPSA) is 55.9 Å². The highest BCUT2D eigenvalue weighted by Gasteiger charge is 2.02. The molecule has 86 valence electrons. The minimum absolute atomic E-state index is 0.704. The number of aromatic nitrogens is 3. The number of hydrogen-bond donors (Lipinski definition) is 1. The molecule has 0 saturated heterocycles. The van der Waals surface area contributed by atoms with Crippen LogP contribution in [0.25, 0.3) is 0 Å². The Hall–Kier alpha value is -1.62. The van der Waals surface area contributed by atoms with E-state index in [1.807, 2.05) is 18.5 Å². The Morgan fingerprint density at radius 2 is 2.38 bits per heavy atom. The highest BCUT2D eigenvalue weighted by atomic mass is 16.5. The smallest absolute Gasteiger partial charge is 0.124 e. The van der Waals surface area contributed by atoms with E-state index < -0.39 is 0 Å². The molecule has 0 aromatic carbocycles. The number of hydrogen-bond acceptors (Lipinski definition) is 4. The average Bonchev–Trinajstić information content (AvgIpc) is 2.91. The van der Waals surface area contributed by atoms with Crippen LogP contribution < -0.4 is 5.32 Å². The lowest BCUT2D eigenvalue weighted by atomic mass is 10.4. The first kappa shape index (κ1) is 10.9. The lowest BCUT2D eigenvalue weighted by Gasteiger charge is -2.06. The van der Waals surface area contributed by atoms with Crippen LogP contribution in [0, 0.1) is 0 Å². The Kier molecular flexibility index (Phi) is 3.71. The van der Waals surface area contributed by atoms with Crippen LogP contribution in [0.2, 0.25) is 0 Å². The Balaban J connectivity index is 1.82. The number of aryl methyl sites for hydroxylation is 1. The summed E-state index contributed by atoms with van der Waals surface area (Å²) in [6.07, 6.45) is 6.54. The van der Waals surface area contributed by atoms with Gasteiger partial charge in [0.2, 0.25) is 0 Å². The number of nitrogens with one attached hydrogen (secondary N) is 1. The molecule has 16 heavy (non-hydrogen) atoms. The summed E-state index contributed by atoms with van der Waals surface area (Å²) in [5, 5.41) is 7.11. The van der Waals surface area contributed by atoms with Gasteiger partial charge < -0.3 is 14.4 Å². The SMILES string of the molecule is CCCn1ccnc1CNCc1ccon1. The summed E-state index contributed by atoms with van der Waals surface area (Å²) >= 11 is 0. The molecule has 0 aliphatic carbocycles. The second-order valence-corrected chi connectivity index (χ2v) is 3.63. The Labute approximate surface area is 94.5 Å². The van der Waals surface area contributed by atoms with E-state index in [9.17, 15) is 0 Å². The van der Waals surface area contributed by atoms with E-state index in [1.165, 1.54) is 0 Å². The first-order valence-electron chi connectivity index (χ1n) is 5.50. The van der Waals surface area contributed by atoms with Crippen LogP contribution >= 0.6 is 0 Å². The minimum Gasteiger partial charge on any atom is -0.364 e. The number of rotatable bonds is 6. The van der Waals surface area contributed by atoms with Crippen molar-refractivity contribution in [1.82, 2.24) is 20.0 Å². The highest BCUT2D eigenvalue weighted by molar-refractivity contribution is 4.96. The molecule has 0 bridgehead atoms. The van der Waals surface area contributed by atoms with Crippen molar-refractivity contribution in [1.29, 1.82) is 0 Å². The Morgan fingerprint density at radius 3 is 3.12 bits per heavy atom. The van der Waals surface area contributed by atoms with Gasteiger partial charge in [-0.05, 0) is 6.42 Å². The maximum Gasteiger partial charge on any atom is 0.124 e. The third-order valence-electron chi connectivity index (χ3n) is 2.35. The molecule has 5 nitrogen and oxygen atoms in total. The van der Waals surface area contributed by atoms with Crippen LogP contribution in [0.1, 0.15) is 24.9 Å². The third-order valence-corrected chi connectivity index (χ3v) is 2.35. The Morgan fingerprint density at radius 1 is 1.44 bits per heavy atom. The molecule has 0 fully saturated rings. The number of nitrogens with zero attached hydrogens (tertiary/aromatic N) is 3. The van der Waals surface area contributed by atoms with Crippen molar-refractivity contribution >= 4 is 0 Å². The molecular formula is C11H16N4O. The zero-order chi connectivity index (χ0) is 11.2. The van der Waals surface area contributed by atoms with E-state index in [1.54, 1.807) is 6.26 Å². The normalized spacial score (nSPS) is 10.8. The largest absolute Gasteiger partial charge is 0.364 e. The van der Waals surface area contributed by atoms with Crippen LogP contribution in [0.5, 0.6) is 0 Å². The highest BCUT2D eigenvalue weighted by Crippen LogP contribution is 2.00. The van der Waals surface area contributed by atoms with Crippen molar-refractivity contribution < 1.29 is 4.52 Å². The van der Waals surface area contributed by atoms with Gasteiger partial charge in [0, 0.05) is 31.5 Å². The molecular weight excluding hydrogens is 204 g/mol. The molecule has 2 rings (SSSR count). The van der Waals surface area contributed by atoms with Crippen molar-refractivity contribution in [2.24, 2.45) is 0 Å². The van der Waals surface area contributed by atoms with Gasteiger partial charge in [-0.2, -0.15) is 0 Å². The quantitative estimate of drug-likeness (QED) is 0.802. The van der Waals surface area contributed by atoms with Gasteiger partial charge in [-0.25, -0.2) is 4.98 Å². The first-order chi connectivity index (χ1) is 7.90. The van der Waals surface area contributed by atoms with Gasteiger partial charge in [0.05, 0.1) is 12.2 Å². The van der Waals surface area contributed by atoms with Crippen molar-refractivity contribution in [3.05, 3.63) is 36.2 Å². The zero-order valence-electron chi connectivity index (χ0n) is 9.39. The van der Waals surface area contributed by atoms with Gasteiger partial charge in [0.1, 0.15) is 12.1 Å². The average molecular weight is 220 g/mol. The van der Waals surface area contributed by atoms with Crippen LogP contribution in [-0.4, -0.2) is 14.7 Å². The van der Waals surface area contributed by atoms with E-state index in [-0.39, 0.29) is 0 Å². The molecule has 1 N–H and O–H groups in total. The molecule has 0 radical (unpaired) electrons. The standard InChI is InChI=1S/C11H16N4O/c1-2-5-15-6-4-13-11(15)9-12-8-10-3-7-16-14-10/h3-4,6-7,12H,2,5,8-9H2,1H3. The van der Waals surface area contributed by atoms with Crippen molar-refractivity contribution in [3.63, 3.8) is 0 Å². The molecule has 5 heteroatoms. The van der Waals surface area contributed by atoms with Crippen molar-refractivity contribution in [2.75, 3.05) is 0 Å². The minimum atomic E-state index is 0.704. The molecule has 0 aliphatic heterocycles. The summed E-state index contributed by atoms with van der Waals surface area (Å²) in [7, 11) is 0. The molecule has 2 aromatic heterocycles. The van der Waals surface area contributed by atoms with Gasteiger partial charge in [-0.3, -0.25) is 0 Å². The maximum atomic E-state index is 4.75. The number of imidazole rings is 1. The summed E-state index contributed by atoms with van der Waals surface area (Å²) < 4.78 is 6.92. The second-order valence-electron chi connectivity index (χ2n) is 3.63. The Bertz CT molecular complexity index is 407. The van der Waals surface area contributed by atoms with Crippen LogP contribution in [0.15, 0.2) is 29.2 Å². The van der Waals surface area contributed by atoms with E-state index in [0.29, 0.717) is 6.54 Å². The summed E-state index contributed by atoms with van der Waals surface area (Å²) in [5.74, 6) is 1.06. The summed E-state index contributed by atoms with van der Waals surface area (Å²) in [4.78, 5) is 4.31. The molecule has 0 aliphatic rings. The monoisotopic (exact) mass is 220 g/mol. The lowest BCUT2D eigenvalue weighted by Crippen LogP contribution is -2.16. The second kappa shape index (κ2) is 5.46. The molecule has 0 amide bonds. The molecule has 2 heterocycles. The molecule has 0 unspecified atom stereocenters. The van der Waals surface area contributed by atoms with E-state index in [4.69, 9.17) is 4.52 Å². The summed E-state index contributed by atoms with van der Waals surface area (Å²) in [5.41, 5.74) is 0.911. The van der Waals surface area contributed by atoms with Gasteiger partial charge in [-0.15, -0.1) is 0 Å². The zero-order valence-corrected chi connectivity index (χ0v) is 9.39. The summed E-state index contributed by atoms with van der Waals surface area (Å²) in [6, 6.07) is 1.85. The molecule has 2 aromatic rings. The van der Waals surface area contributed by atoms with E-state index >= 15 is 0 Å². The van der Waals surface area contributed by atoms with Crippen LogP contribution in [-0.2, 0) is 19.6 Å². The van der Waals surface area contributed by atoms with E-state index in [2.05, 4.69) is 26.9 Å². The van der Waals surface area contributed by atoms with Crippen LogP contribution in [0.3, 0.4) is 0 Å². The summed E-state index contributed by atoms with van der Waals surface area (Å²) in [6.45, 7) is 4.63. The maximum absolute atomic E-state index is 4.75. The fourth-order valence-electron chi connectivity index (χ4n) is 1.58. The van der Waals surface area contributed by atoms with Gasteiger partial charge >= 0.3 is 0 Å². The van der Waals surface area contributed by atoms with Crippen LogP contribution in [0.4, 0.5) is 0 Å². The molecule has 0 spiro atoms. The van der Waals surface area contributed by atoms with Crippen molar-refractivity contribution in [2.45, 2.75) is 33.0 Å². The predicted octanol–water partition coefficient (Wildman–Crippen LogP) is 1.57. The van der Waals surface area contributed by atoms with Gasteiger partial charge in [0.15, 0.2) is 0 Å². The van der Waals surface area contributed by atoms with E-state index in [0.717, 1.165) is 31.0 Å². The lowest BCUT2D eigenvalue weighted by molar-refractivity contribution is 0.408.